The van der Waals surface area contributed by atoms with Crippen LogP contribution in [0.2, 0.25) is 0 Å². The van der Waals surface area contributed by atoms with Crippen LogP contribution in [0.1, 0.15) is 125 Å². The highest BCUT2D eigenvalue weighted by atomic mass is 15.0. The van der Waals surface area contributed by atoms with Crippen LogP contribution in [0.4, 0.5) is 11.4 Å². The van der Waals surface area contributed by atoms with Crippen LogP contribution in [0.15, 0.2) is 97.1 Å². The van der Waals surface area contributed by atoms with Gasteiger partial charge in [0.15, 0.2) is 0 Å². The monoisotopic (exact) mass is 532 g/mol. The van der Waals surface area contributed by atoms with E-state index in [2.05, 4.69) is 163 Å². The normalized spacial score (nSPS) is 13.2. The molecule has 2 N–H and O–H groups in total. The Morgan fingerprint density at radius 1 is 0.350 bits per heavy atom. The van der Waals surface area contributed by atoms with Crippen molar-refractivity contribution < 1.29 is 0 Å². The van der Waals surface area contributed by atoms with Gasteiger partial charge in [0, 0.05) is 11.4 Å². The van der Waals surface area contributed by atoms with Crippen molar-refractivity contribution in [2.24, 2.45) is 0 Å². The average Bonchev–Trinajstić information content (AvgIpc) is 2.95. The second-order valence-corrected chi connectivity index (χ2v) is 12.3. The summed E-state index contributed by atoms with van der Waals surface area (Å²) >= 11 is 0. The Balaban J connectivity index is 1.95. The molecule has 2 nitrogen and oxygen atoms in total. The van der Waals surface area contributed by atoms with Crippen molar-refractivity contribution in [2.75, 3.05) is 10.6 Å². The molecular weight excluding hydrogens is 484 g/mol. The van der Waals surface area contributed by atoms with E-state index >= 15 is 0 Å². The summed E-state index contributed by atoms with van der Waals surface area (Å²) in [5, 5.41) is 8.30. The average molecular weight is 533 g/mol. The molecule has 4 aromatic rings. The third-order valence-electron chi connectivity index (χ3n) is 8.00. The number of para-hydroxylation sites is 2. The molecule has 0 amide bonds. The topological polar surface area (TPSA) is 24.1 Å². The van der Waals surface area contributed by atoms with Crippen LogP contribution in [-0.2, 0) is 0 Å². The zero-order chi connectivity index (χ0) is 28.8. The minimum atomic E-state index is 0.00114. The minimum absolute atomic E-state index is 0.00114. The first kappa shape index (κ1) is 29.5. The predicted octanol–water partition coefficient (Wildman–Crippen LogP) is 11.2. The van der Waals surface area contributed by atoms with Gasteiger partial charge in [0.1, 0.15) is 0 Å². The van der Waals surface area contributed by atoms with Crippen molar-refractivity contribution in [3.8, 4) is 0 Å². The minimum Gasteiger partial charge on any atom is -0.375 e. The highest BCUT2D eigenvalue weighted by Gasteiger charge is 2.29. The highest BCUT2D eigenvalue weighted by molar-refractivity contribution is 5.64. The van der Waals surface area contributed by atoms with Gasteiger partial charge in [-0.3, -0.25) is 0 Å². The van der Waals surface area contributed by atoms with Gasteiger partial charge in [-0.1, -0.05) is 152 Å². The first-order valence-electron chi connectivity index (χ1n) is 15.1. The van der Waals surface area contributed by atoms with E-state index in [9.17, 15) is 0 Å². The number of hydrogen-bond donors (Lipinski definition) is 2. The van der Waals surface area contributed by atoms with Crippen LogP contribution in [0.25, 0.3) is 0 Å². The van der Waals surface area contributed by atoms with Gasteiger partial charge in [-0.2, -0.15) is 0 Å². The van der Waals surface area contributed by atoms with Gasteiger partial charge >= 0.3 is 0 Å². The van der Waals surface area contributed by atoms with Gasteiger partial charge in [-0.25, -0.2) is 0 Å². The Morgan fingerprint density at radius 2 is 0.625 bits per heavy atom. The molecule has 0 aliphatic rings. The van der Waals surface area contributed by atoms with E-state index in [1.807, 2.05) is 0 Å². The molecule has 2 atom stereocenters. The summed E-state index contributed by atoms with van der Waals surface area (Å²) in [5.41, 5.74) is 10.5. The molecular formula is C38H48N2. The maximum atomic E-state index is 4.15. The molecule has 0 saturated heterocycles. The molecule has 0 spiro atoms. The first-order chi connectivity index (χ1) is 19.2. The third kappa shape index (κ3) is 6.61. The van der Waals surface area contributed by atoms with Crippen molar-refractivity contribution in [2.45, 2.75) is 91.1 Å². The molecule has 0 fully saturated rings. The highest BCUT2D eigenvalue weighted by Crippen LogP contribution is 2.42. The summed E-state index contributed by atoms with van der Waals surface area (Å²) < 4.78 is 0. The fourth-order valence-corrected chi connectivity index (χ4v) is 5.79. The SMILES string of the molecule is CC(C)c1cccc(C(C)C)c1N[C@@H](c1ccccc1)[C@@H](Nc1c(C(C)C)cccc1C(C)C)c1ccccc1. The maximum Gasteiger partial charge on any atom is 0.0757 e. The van der Waals surface area contributed by atoms with Gasteiger partial charge in [0.25, 0.3) is 0 Å². The van der Waals surface area contributed by atoms with Gasteiger partial charge in [0.05, 0.1) is 12.1 Å². The lowest BCUT2D eigenvalue weighted by Gasteiger charge is -2.35. The van der Waals surface area contributed by atoms with Crippen molar-refractivity contribution in [3.63, 3.8) is 0 Å². The molecule has 0 unspecified atom stereocenters. The molecule has 4 aromatic carbocycles. The summed E-state index contributed by atoms with van der Waals surface area (Å²) in [6, 6.07) is 35.5. The van der Waals surface area contributed by atoms with E-state index in [1.54, 1.807) is 0 Å². The number of benzene rings is 4. The zero-order valence-corrected chi connectivity index (χ0v) is 25.7. The molecule has 0 aromatic heterocycles. The molecule has 4 rings (SSSR count). The number of anilines is 2. The molecule has 210 valence electrons. The number of rotatable bonds is 11. The molecule has 0 aliphatic carbocycles. The van der Waals surface area contributed by atoms with E-state index in [0.29, 0.717) is 23.7 Å². The van der Waals surface area contributed by atoms with E-state index in [0.717, 1.165) is 0 Å². The maximum absolute atomic E-state index is 4.15. The summed E-state index contributed by atoms with van der Waals surface area (Å²) in [6.07, 6.45) is 0. The lowest BCUT2D eigenvalue weighted by atomic mass is 9.87. The van der Waals surface area contributed by atoms with E-state index in [4.69, 9.17) is 0 Å². The van der Waals surface area contributed by atoms with Crippen LogP contribution in [0.5, 0.6) is 0 Å². The van der Waals surface area contributed by atoms with Crippen LogP contribution in [0, 0.1) is 0 Å². The van der Waals surface area contributed by atoms with Gasteiger partial charge in [0.2, 0.25) is 0 Å². The van der Waals surface area contributed by atoms with E-state index in [-0.39, 0.29) is 12.1 Å². The molecule has 0 aliphatic heterocycles. The molecule has 2 heteroatoms. The first-order valence-corrected chi connectivity index (χ1v) is 15.1. The Bertz CT molecular complexity index is 1190. The second kappa shape index (κ2) is 13.2. The van der Waals surface area contributed by atoms with E-state index < -0.39 is 0 Å². The summed E-state index contributed by atoms with van der Waals surface area (Å²) in [5.74, 6) is 1.65. The molecule has 0 heterocycles. The fraction of sp³-hybridized carbons (Fsp3) is 0.368. The smallest absolute Gasteiger partial charge is 0.0757 e. The standard InChI is InChI=1S/C38H48N2/c1-25(2)31-21-15-22-32(26(3)4)37(31)39-35(29-17-11-9-12-18-29)36(30-19-13-10-14-20-30)40-38-33(27(5)6)23-16-24-34(38)28(7)8/h9-28,35-36,39-40H,1-8H3/t35-,36-/m0/s1. The van der Waals surface area contributed by atoms with Crippen molar-refractivity contribution >= 4 is 11.4 Å². The summed E-state index contributed by atoms with van der Waals surface area (Å²) in [6.45, 7) is 18.4. The lowest BCUT2D eigenvalue weighted by molar-refractivity contribution is 0.641. The van der Waals surface area contributed by atoms with Crippen molar-refractivity contribution in [1.82, 2.24) is 0 Å². The molecule has 40 heavy (non-hydrogen) atoms. The van der Waals surface area contributed by atoms with Crippen LogP contribution in [-0.4, -0.2) is 0 Å². The number of hydrogen-bond acceptors (Lipinski definition) is 2. The number of nitrogens with one attached hydrogen (secondary N) is 2. The lowest BCUT2D eigenvalue weighted by Crippen LogP contribution is -2.28. The van der Waals surface area contributed by atoms with E-state index in [1.165, 1.54) is 44.8 Å². The largest absolute Gasteiger partial charge is 0.375 e. The fourth-order valence-electron chi connectivity index (χ4n) is 5.79. The van der Waals surface area contributed by atoms with Crippen LogP contribution < -0.4 is 10.6 Å². The molecule has 0 radical (unpaired) electrons. The summed E-state index contributed by atoms with van der Waals surface area (Å²) in [7, 11) is 0. The Labute approximate surface area is 243 Å². The summed E-state index contributed by atoms with van der Waals surface area (Å²) in [4.78, 5) is 0. The van der Waals surface area contributed by atoms with Crippen molar-refractivity contribution in [3.05, 3.63) is 130 Å². The molecule has 0 bridgehead atoms. The zero-order valence-electron chi connectivity index (χ0n) is 25.7. The van der Waals surface area contributed by atoms with Gasteiger partial charge in [-0.05, 0) is 57.1 Å². The quantitative estimate of drug-likeness (QED) is 0.201. The van der Waals surface area contributed by atoms with Crippen LogP contribution in [0.3, 0.4) is 0 Å². The Morgan fingerprint density at radius 3 is 0.875 bits per heavy atom. The van der Waals surface area contributed by atoms with Crippen LogP contribution >= 0.6 is 0 Å². The van der Waals surface area contributed by atoms with Crippen molar-refractivity contribution in [1.29, 1.82) is 0 Å². The Kier molecular flexibility index (Phi) is 9.74. The second-order valence-electron chi connectivity index (χ2n) is 12.3. The Hall–Kier alpha value is -3.52. The van der Waals surface area contributed by atoms with Gasteiger partial charge in [-0.15, -0.1) is 0 Å². The third-order valence-corrected chi connectivity index (χ3v) is 8.00. The predicted molar refractivity (Wildman–Crippen MR) is 175 cm³/mol. The van der Waals surface area contributed by atoms with Gasteiger partial charge < -0.3 is 10.6 Å². The molecule has 0 saturated carbocycles.